The van der Waals surface area contributed by atoms with Crippen molar-refractivity contribution in [3.05, 3.63) is 47.7 Å². The summed E-state index contributed by atoms with van der Waals surface area (Å²) in [6.45, 7) is 1.70. The van der Waals surface area contributed by atoms with Crippen LogP contribution in [-0.2, 0) is 4.74 Å². The number of rotatable bonds is 2. The number of carbonyl (C=O) groups excluding carboxylic acids is 1. The Kier molecular flexibility index (Phi) is 3.09. The molecule has 3 aromatic rings. The van der Waals surface area contributed by atoms with Gasteiger partial charge >= 0.3 is 5.97 Å². The Balaban J connectivity index is 2.18. The number of aryl methyl sites for hydroxylation is 1. The van der Waals surface area contributed by atoms with Crippen LogP contribution in [0.15, 0.2) is 30.5 Å². The van der Waals surface area contributed by atoms with Crippen molar-refractivity contribution in [2.24, 2.45) is 0 Å². The predicted molar refractivity (Wildman–Crippen MR) is 72.3 cm³/mol. The molecular weight excluding hydrogens is 275 g/mol. The Hall–Kier alpha value is -2.83. The fourth-order valence-electron chi connectivity index (χ4n) is 2.07. The highest BCUT2D eigenvalue weighted by atomic mass is 19.1. The molecule has 0 radical (unpaired) electrons. The van der Waals surface area contributed by atoms with E-state index in [9.17, 15) is 9.18 Å². The third-order valence-electron chi connectivity index (χ3n) is 3.18. The summed E-state index contributed by atoms with van der Waals surface area (Å²) in [6.07, 6.45) is 1.60. The molecule has 2 aromatic heterocycles. The fourth-order valence-corrected chi connectivity index (χ4v) is 2.07. The summed E-state index contributed by atoms with van der Waals surface area (Å²) in [7, 11) is 1.28. The van der Waals surface area contributed by atoms with Crippen LogP contribution in [0.25, 0.3) is 16.8 Å². The number of methoxy groups -OCH3 is 1. The van der Waals surface area contributed by atoms with Gasteiger partial charge in [-0.1, -0.05) is 12.1 Å². The fraction of sp³-hybridized carbons (Fsp3) is 0.143. The maximum absolute atomic E-state index is 13.0. The minimum Gasteiger partial charge on any atom is -0.464 e. The van der Waals surface area contributed by atoms with Crippen LogP contribution in [-0.4, -0.2) is 32.9 Å². The van der Waals surface area contributed by atoms with Gasteiger partial charge in [-0.05, 0) is 24.6 Å². The van der Waals surface area contributed by atoms with Crippen molar-refractivity contribution in [3.8, 4) is 11.1 Å². The van der Waals surface area contributed by atoms with Crippen LogP contribution in [0.3, 0.4) is 0 Å². The van der Waals surface area contributed by atoms with Crippen LogP contribution < -0.4 is 0 Å². The molecule has 0 fully saturated rings. The summed E-state index contributed by atoms with van der Waals surface area (Å²) in [4.78, 5) is 11.6. The number of esters is 1. The molecule has 106 valence electrons. The summed E-state index contributed by atoms with van der Waals surface area (Å²) in [5.41, 5.74) is 2.61. The van der Waals surface area contributed by atoms with E-state index in [1.807, 2.05) is 0 Å². The third kappa shape index (κ3) is 2.12. The molecule has 2 heterocycles. The molecule has 0 atom stereocenters. The van der Waals surface area contributed by atoms with E-state index in [1.54, 1.807) is 25.3 Å². The van der Waals surface area contributed by atoms with Gasteiger partial charge in [0.15, 0.2) is 11.3 Å². The Morgan fingerprint density at radius 3 is 2.62 bits per heavy atom. The first-order valence-corrected chi connectivity index (χ1v) is 6.17. The van der Waals surface area contributed by atoms with E-state index < -0.39 is 5.97 Å². The van der Waals surface area contributed by atoms with Crippen molar-refractivity contribution in [3.63, 3.8) is 0 Å². The van der Waals surface area contributed by atoms with Crippen molar-refractivity contribution in [1.29, 1.82) is 0 Å². The molecule has 0 saturated heterocycles. The van der Waals surface area contributed by atoms with Crippen LogP contribution >= 0.6 is 0 Å². The monoisotopic (exact) mass is 286 g/mol. The number of aromatic nitrogens is 4. The van der Waals surface area contributed by atoms with Gasteiger partial charge in [0, 0.05) is 5.56 Å². The van der Waals surface area contributed by atoms with Gasteiger partial charge in [-0.3, -0.25) is 0 Å². The molecule has 0 unspecified atom stereocenters. The van der Waals surface area contributed by atoms with Crippen LogP contribution in [0.4, 0.5) is 4.39 Å². The van der Waals surface area contributed by atoms with Gasteiger partial charge in [0.1, 0.15) is 5.82 Å². The second kappa shape index (κ2) is 4.93. The molecule has 21 heavy (non-hydrogen) atoms. The van der Waals surface area contributed by atoms with Gasteiger partial charge in [0.25, 0.3) is 0 Å². The maximum Gasteiger partial charge on any atom is 0.360 e. The Bertz CT molecular complexity index is 827. The third-order valence-corrected chi connectivity index (χ3v) is 3.18. The van der Waals surface area contributed by atoms with E-state index in [-0.39, 0.29) is 11.5 Å². The first kappa shape index (κ1) is 13.2. The van der Waals surface area contributed by atoms with E-state index in [2.05, 4.69) is 20.0 Å². The lowest BCUT2D eigenvalue weighted by Gasteiger charge is -2.04. The average Bonchev–Trinajstić information content (AvgIpc) is 2.92. The zero-order valence-corrected chi connectivity index (χ0v) is 11.4. The molecule has 0 N–H and O–H groups in total. The number of ether oxygens (including phenoxy) is 1. The number of carbonyl (C=O) groups is 1. The lowest BCUT2D eigenvalue weighted by atomic mass is 10.1. The van der Waals surface area contributed by atoms with Crippen molar-refractivity contribution < 1.29 is 13.9 Å². The average molecular weight is 286 g/mol. The molecule has 7 heteroatoms. The van der Waals surface area contributed by atoms with Crippen molar-refractivity contribution in [2.45, 2.75) is 6.92 Å². The van der Waals surface area contributed by atoms with Crippen LogP contribution in [0.1, 0.15) is 16.2 Å². The standard InChI is InChI=1S/C14H11FN4O2/c1-8-12(14(20)21-2)17-18-13-11(7-16-19(8)13)9-3-5-10(15)6-4-9/h3-7H,1-2H3. The Labute approximate surface area is 119 Å². The van der Waals surface area contributed by atoms with Gasteiger partial charge in [0.2, 0.25) is 0 Å². The first-order chi connectivity index (χ1) is 10.1. The highest BCUT2D eigenvalue weighted by Gasteiger charge is 2.18. The minimum atomic E-state index is -0.569. The van der Waals surface area contributed by atoms with Crippen molar-refractivity contribution in [2.75, 3.05) is 7.11 Å². The quantitative estimate of drug-likeness (QED) is 0.674. The highest BCUT2D eigenvalue weighted by molar-refractivity contribution is 5.88. The molecule has 0 saturated carbocycles. The Morgan fingerprint density at radius 1 is 1.24 bits per heavy atom. The molecule has 6 nitrogen and oxygen atoms in total. The zero-order valence-electron chi connectivity index (χ0n) is 11.4. The summed E-state index contributed by atoms with van der Waals surface area (Å²) < 4.78 is 19.1. The van der Waals surface area contributed by atoms with E-state index in [1.165, 1.54) is 23.8 Å². The molecule has 0 amide bonds. The molecular formula is C14H11FN4O2. The van der Waals surface area contributed by atoms with Crippen LogP contribution in [0.5, 0.6) is 0 Å². The van der Waals surface area contributed by atoms with Crippen LogP contribution in [0, 0.1) is 12.7 Å². The van der Waals surface area contributed by atoms with Crippen molar-refractivity contribution >= 4 is 11.6 Å². The summed E-state index contributed by atoms with van der Waals surface area (Å²) >= 11 is 0. The molecule has 0 aliphatic rings. The largest absolute Gasteiger partial charge is 0.464 e. The molecule has 0 bridgehead atoms. The zero-order chi connectivity index (χ0) is 15.0. The number of hydrogen-bond donors (Lipinski definition) is 0. The van der Waals surface area contributed by atoms with E-state index in [4.69, 9.17) is 0 Å². The molecule has 0 aliphatic carbocycles. The SMILES string of the molecule is COC(=O)c1nnc2c(-c3ccc(F)cc3)cnn2c1C. The lowest BCUT2D eigenvalue weighted by molar-refractivity contribution is 0.0590. The number of fused-ring (bicyclic) bond motifs is 1. The maximum atomic E-state index is 13.0. The summed E-state index contributed by atoms with van der Waals surface area (Å²) in [5.74, 6) is -0.883. The molecule has 0 aliphatic heterocycles. The number of halogens is 1. The first-order valence-electron chi connectivity index (χ1n) is 6.17. The normalized spacial score (nSPS) is 10.8. The number of hydrogen-bond acceptors (Lipinski definition) is 5. The van der Waals surface area contributed by atoms with Gasteiger partial charge < -0.3 is 4.74 Å². The number of benzene rings is 1. The van der Waals surface area contributed by atoms with Gasteiger partial charge in [-0.15, -0.1) is 10.2 Å². The minimum absolute atomic E-state index is 0.110. The van der Waals surface area contributed by atoms with E-state index in [0.29, 0.717) is 16.9 Å². The van der Waals surface area contributed by atoms with Gasteiger partial charge in [0.05, 0.1) is 19.0 Å². The van der Waals surface area contributed by atoms with E-state index >= 15 is 0 Å². The smallest absolute Gasteiger partial charge is 0.360 e. The Morgan fingerprint density at radius 2 is 1.95 bits per heavy atom. The van der Waals surface area contributed by atoms with Crippen LogP contribution in [0.2, 0.25) is 0 Å². The second-order valence-corrected chi connectivity index (χ2v) is 4.43. The van der Waals surface area contributed by atoms with Gasteiger partial charge in [-0.25, -0.2) is 13.7 Å². The summed E-state index contributed by atoms with van der Waals surface area (Å²) in [6, 6.07) is 6.00. The lowest BCUT2D eigenvalue weighted by Crippen LogP contribution is -2.12. The predicted octanol–water partition coefficient (Wildman–Crippen LogP) is 2.03. The topological polar surface area (TPSA) is 69.4 Å². The number of nitrogens with zero attached hydrogens (tertiary/aromatic N) is 4. The highest BCUT2D eigenvalue weighted by Crippen LogP contribution is 2.24. The summed E-state index contributed by atoms with van der Waals surface area (Å²) in [5, 5.41) is 12.1. The molecule has 3 rings (SSSR count). The van der Waals surface area contributed by atoms with Crippen molar-refractivity contribution in [1.82, 2.24) is 19.8 Å². The van der Waals surface area contributed by atoms with Gasteiger partial charge in [-0.2, -0.15) is 5.10 Å². The second-order valence-electron chi connectivity index (χ2n) is 4.43. The molecule has 0 spiro atoms. The van der Waals surface area contributed by atoms with E-state index in [0.717, 1.165) is 5.56 Å². The molecule has 1 aromatic carbocycles.